The molecule has 3 N–H and O–H groups in total. The minimum atomic E-state index is -0.642. The van der Waals surface area contributed by atoms with E-state index >= 15 is 0 Å². The molecular formula is C23H18Cl2N4O. The molecule has 150 valence electrons. The molecule has 0 fully saturated rings. The second-order valence-corrected chi connectivity index (χ2v) is 8.02. The first kappa shape index (κ1) is 20.1. The summed E-state index contributed by atoms with van der Waals surface area (Å²) in [6.45, 7) is 2.03. The molecule has 0 spiro atoms. The maximum absolute atomic E-state index is 9.86. The molecule has 1 aliphatic rings. The van der Waals surface area contributed by atoms with Gasteiger partial charge in [0.25, 0.3) is 0 Å². The number of nitrogens with one attached hydrogen (secondary N) is 1. The first-order valence-electron chi connectivity index (χ1n) is 9.17. The summed E-state index contributed by atoms with van der Waals surface area (Å²) in [4.78, 5) is 4.31. The Morgan fingerprint density at radius 1 is 1.07 bits per heavy atom. The van der Waals surface area contributed by atoms with Crippen molar-refractivity contribution in [2.75, 3.05) is 18.2 Å². The summed E-state index contributed by atoms with van der Waals surface area (Å²) in [6, 6.07) is 17.2. The van der Waals surface area contributed by atoms with E-state index in [9.17, 15) is 5.26 Å². The summed E-state index contributed by atoms with van der Waals surface area (Å²) < 4.78 is 5.32. The lowest BCUT2D eigenvalue weighted by atomic mass is 9.81. The van der Waals surface area contributed by atoms with Crippen LogP contribution < -0.4 is 15.8 Å². The summed E-state index contributed by atoms with van der Waals surface area (Å²) in [5.41, 5.74) is 9.93. The molecule has 0 aliphatic carbocycles. The number of anilines is 2. The van der Waals surface area contributed by atoms with Crippen LogP contribution in [0, 0.1) is 11.3 Å². The van der Waals surface area contributed by atoms with Gasteiger partial charge in [-0.05, 0) is 54.0 Å². The van der Waals surface area contributed by atoms with E-state index in [1.54, 1.807) is 0 Å². The summed E-state index contributed by atoms with van der Waals surface area (Å²) in [5, 5.41) is 14.6. The van der Waals surface area contributed by atoms with Crippen molar-refractivity contribution in [3.63, 3.8) is 0 Å². The van der Waals surface area contributed by atoms with Gasteiger partial charge in [-0.2, -0.15) is 10.2 Å². The van der Waals surface area contributed by atoms with Crippen LogP contribution in [0.4, 0.5) is 11.5 Å². The number of methoxy groups -OCH3 is 1. The number of halogens is 2. The average Bonchev–Trinajstić information content (AvgIpc) is 2.73. The molecule has 0 bridgehead atoms. The fourth-order valence-electron chi connectivity index (χ4n) is 3.70. The van der Waals surface area contributed by atoms with Gasteiger partial charge >= 0.3 is 0 Å². The van der Waals surface area contributed by atoms with E-state index in [1.165, 1.54) is 7.11 Å². The summed E-state index contributed by atoms with van der Waals surface area (Å²) in [5.74, 6) is 0.449. The molecule has 2 heterocycles. The van der Waals surface area contributed by atoms with E-state index in [0.717, 1.165) is 16.7 Å². The van der Waals surface area contributed by atoms with Gasteiger partial charge in [-0.1, -0.05) is 47.5 Å². The van der Waals surface area contributed by atoms with Crippen molar-refractivity contribution in [3.8, 4) is 11.9 Å². The van der Waals surface area contributed by atoms with Crippen molar-refractivity contribution >= 4 is 40.3 Å². The van der Waals surface area contributed by atoms with Crippen molar-refractivity contribution < 1.29 is 4.74 Å². The summed E-state index contributed by atoms with van der Waals surface area (Å²) >= 11 is 12.2. The second-order valence-electron chi connectivity index (χ2n) is 7.14. The van der Waals surface area contributed by atoms with E-state index in [4.69, 9.17) is 33.7 Å². The Morgan fingerprint density at radius 2 is 1.67 bits per heavy atom. The molecule has 7 heteroatoms. The average molecular weight is 437 g/mol. The first-order chi connectivity index (χ1) is 14.4. The number of aromatic nitrogens is 1. The van der Waals surface area contributed by atoms with Crippen LogP contribution in [0.5, 0.6) is 5.88 Å². The molecule has 1 unspecified atom stereocenters. The minimum absolute atomic E-state index is 0.178. The Bertz CT molecular complexity index is 1200. The molecule has 1 aromatic heterocycles. The molecule has 3 aromatic rings. The topological polar surface area (TPSA) is 84.0 Å². The van der Waals surface area contributed by atoms with Crippen LogP contribution >= 0.6 is 23.2 Å². The highest BCUT2D eigenvalue weighted by molar-refractivity contribution is 6.30. The SMILES string of the molecule is COc1nc(N)c2c(c1C#N)NC(C)(c1ccc(Cl)cc1)C=C2c1ccc(Cl)cc1. The van der Waals surface area contributed by atoms with Crippen LogP contribution in [0.15, 0.2) is 54.6 Å². The van der Waals surface area contributed by atoms with E-state index in [0.29, 0.717) is 26.9 Å². The number of nitrogens with zero attached hydrogens (tertiary/aromatic N) is 2. The fraction of sp³-hybridized carbons (Fsp3) is 0.130. The van der Waals surface area contributed by atoms with Crippen LogP contribution in [0.25, 0.3) is 5.57 Å². The molecular weight excluding hydrogens is 419 g/mol. The van der Waals surface area contributed by atoms with Crippen molar-refractivity contribution in [2.45, 2.75) is 12.5 Å². The molecule has 5 nitrogen and oxygen atoms in total. The van der Waals surface area contributed by atoms with Crippen LogP contribution in [-0.2, 0) is 5.54 Å². The quantitative estimate of drug-likeness (QED) is 0.555. The van der Waals surface area contributed by atoms with Gasteiger partial charge in [-0.3, -0.25) is 0 Å². The Balaban J connectivity index is 2.03. The molecule has 30 heavy (non-hydrogen) atoms. The van der Waals surface area contributed by atoms with Gasteiger partial charge in [0.05, 0.1) is 18.3 Å². The Hall–Kier alpha value is -3.20. The van der Waals surface area contributed by atoms with Crippen LogP contribution in [-0.4, -0.2) is 12.1 Å². The summed E-state index contributed by atoms with van der Waals surface area (Å²) in [6.07, 6.45) is 2.08. The maximum Gasteiger partial charge on any atom is 0.235 e. The maximum atomic E-state index is 9.86. The molecule has 0 saturated heterocycles. The van der Waals surface area contributed by atoms with Crippen molar-refractivity contribution in [2.24, 2.45) is 0 Å². The third kappa shape index (κ3) is 3.35. The van der Waals surface area contributed by atoms with Gasteiger partial charge in [0.15, 0.2) is 0 Å². The van der Waals surface area contributed by atoms with Crippen LogP contribution in [0.1, 0.15) is 29.2 Å². The van der Waals surface area contributed by atoms with Gasteiger partial charge in [0.1, 0.15) is 17.5 Å². The highest BCUT2D eigenvalue weighted by atomic mass is 35.5. The van der Waals surface area contributed by atoms with Gasteiger partial charge in [0, 0.05) is 15.6 Å². The summed E-state index contributed by atoms with van der Waals surface area (Å²) in [7, 11) is 1.46. The number of nitriles is 1. The minimum Gasteiger partial charge on any atom is -0.480 e. The highest BCUT2D eigenvalue weighted by Crippen LogP contribution is 2.47. The van der Waals surface area contributed by atoms with Crippen LogP contribution in [0.2, 0.25) is 10.0 Å². The number of pyridine rings is 1. The van der Waals surface area contributed by atoms with Gasteiger partial charge in [-0.15, -0.1) is 0 Å². The monoisotopic (exact) mass is 436 g/mol. The standard InChI is InChI=1S/C23H18Cl2N4O/c1-23(14-5-9-16(25)10-6-14)11-17(13-3-7-15(24)8-4-13)19-20(29-23)18(12-26)22(30-2)28-21(19)27/h3-11,29H,1-2H3,(H2,27,28). The number of hydrogen-bond donors (Lipinski definition) is 2. The van der Waals surface area contributed by atoms with Gasteiger partial charge in [0.2, 0.25) is 5.88 Å². The largest absolute Gasteiger partial charge is 0.480 e. The number of ether oxygens (including phenoxy) is 1. The third-order valence-corrected chi connectivity index (χ3v) is 5.69. The molecule has 0 radical (unpaired) electrons. The van der Waals surface area contributed by atoms with Crippen molar-refractivity contribution in [1.29, 1.82) is 5.26 Å². The number of nitrogen functional groups attached to an aromatic ring is 1. The number of hydrogen-bond acceptors (Lipinski definition) is 5. The smallest absolute Gasteiger partial charge is 0.235 e. The second kappa shape index (κ2) is 7.56. The van der Waals surface area contributed by atoms with Gasteiger partial charge < -0.3 is 15.8 Å². The zero-order valence-electron chi connectivity index (χ0n) is 16.3. The van der Waals surface area contributed by atoms with E-state index < -0.39 is 5.54 Å². The molecule has 1 aliphatic heterocycles. The van der Waals surface area contributed by atoms with E-state index in [1.807, 2.05) is 55.5 Å². The molecule has 0 saturated carbocycles. The number of fused-ring (bicyclic) bond motifs is 1. The Labute approximate surface area is 184 Å². The predicted octanol–water partition coefficient (Wildman–Crippen LogP) is 5.62. The zero-order valence-corrected chi connectivity index (χ0v) is 17.8. The predicted molar refractivity (Wildman–Crippen MR) is 121 cm³/mol. The zero-order chi connectivity index (χ0) is 21.5. The lowest BCUT2D eigenvalue weighted by molar-refractivity contribution is 0.397. The first-order valence-corrected chi connectivity index (χ1v) is 9.93. The van der Waals surface area contributed by atoms with Crippen molar-refractivity contribution in [1.82, 2.24) is 4.98 Å². The Kier molecular flexibility index (Phi) is 5.07. The molecule has 1 atom stereocenters. The number of rotatable bonds is 3. The molecule has 4 rings (SSSR count). The number of benzene rings is 2. The fourth-order valence-corrected chi connectivity index (χ4v) is 3.95. The highest BCUT2D eigenvalue weighted by Gasteiger charge is 2.35. The third-order valence-electron chi connectivity index (χ3n) is 5.18. The molecule has 0 amide bonds. The number of nitrogens with two attached hydrogens (primary N) is 1. The lowest BCUT2D eigenvalue weighted by Gasteiger charge is -2.37. The van der Waals surface area contributed by atoms with Gasteiger partial charge in [-0.25, -0.2) is 0 Å². The molecule has 2 aromatic carbocycles. The lowest BCUT2D eigenvalue weighted by Crippen LogP contribution is -2.34. The Morgan fingerprint density at radius 3 is 2.23 bits per heavy atom. The normalized spacial score (nSPS) is 17.4. The van der Waals surface area contributed by atoms with Crippen molar-refractivity contribution in [3.05, 3.63) is 86.9 Å². The van der Waals surface area contributed by atoms with Crippen LogP contribution in [0.3, 0.4) is 0 Å². The van der Waals surface area contributed by atoms with E-state index in [-0.39, 0.29) is 11.7 Å². The van der Waals surface area contributed by atoms with E-state index in [2.05, 4.69) is 22.4 Å².